The van der Waals surface area contributed by atoms with Crippen LogP contribution < -0.4 is 5.32 Å². The molecule has 0 bridgehead atoms. The Morgan fingerprint density at radius 2 is 1.71 bits per heavy atom. The summed E-state index contributed by atoms with van der Waals surface area (Å²) in [5, 5.41) is 3.47. The monoisotopic (exact) mass is 249 g/mol. The van der Waals surface area contributed by atoms with E-state index in [4.69, 9.17) is 0 Å². The lowest BCUT2D eigenvalue weighted by Gasteiger charge is -2.33. The average Bonchev–Trinajstić information content (AvgIpc) is 2.64. The zero-order valence-corrected chi connectivity index (χ0v) is 10.4. The fourth-order valence-corrected chi connectivity index (χ4v) is 3.33. The molecule has 4 atom stereocenters. The standard InChI is InChI=1S/C13H22F3N/c1-9-4-2-7-12(9)17-11-6-3-5-10(8-11)13(14,15)16/h9-12,17H,2-8H2,1H3. The van der Waals surface area contributed by atoms with Crippen LogP contribution in [0.1, 0.15) is 51.9 Å². The second kappa shape index (κ2) is 5.17. The normalized spacial score (nSPS) is 39.5. The molecule has 0 aromatic carbocycles. The zero-order valence-electron chi connectivity index (χ0n) is 10.4. The molecule has 0 radical (unpaired) electrons. The van der Waals surface area contributed by atoms with Gasteiger partial charge in [0.2, 0.25) is 0 Å². The van der Waals surface area contributed by atoms with E-state index in [0.717, 1.165) is 12.8 Å². The molecule has 0 aliphatic heterocycles. The van der Waals surface area contributed by atoms with Crippen molar-refractivity contribution in [2.45, 2.75) is 70.1 Å². The summed E-state index contributed by atoms with van der Waals surface area (Å²) in [5.41, 5.74) is 0. The first-order valence-corrected chi connectivity index (χ1v) is 6.79. The number of nitrogens with one attached hydrogen (secondary N) is 1. The molecule has 0 amide bonds. The van der Waals surface area contributed by atoms with Crippen LogP contribution in [0.4, 0.5) is 13.2 Å². The maximum absolute atomic E-state index is 12.7. The molecule has 4 heteroatoms. The SMILES string of the molecule is CC1CCCC1NC1CCCC(C(F)(F)F)C1. The molecular weight excluding hydrogens is 227 g/mol. The van der Waals surface area contributed by atoms with Crippen LogP contribution in [0, 0.1) is 11.8 Å². The molecule has 1 nitrogen and oxygen atoms in total. The first kappa shape index (κ1) is 13.2. The summed E-state index contributed by atoms with van der Waals surface area (Å²) >= 11 is 0. The fourth-order valence-electron chi connectivity index (χ4n) is 3.33. The predicted molar refractivity (Wildman–Crippen MR) is 61.7 cm³/mol. The Labute approximate surface area is 101 Å². The first-order chi connectivity index (χ1) is 7.97. The summed E-state index contributed by atoms with van der Waals surface area (Å²) < 4.78 is 38.0. The van der Waals surface area contributed by atoms with Crippen LogP contribution in [-0.2, 0) is 0 Å². The van der Waals surface area contributed by atoms with E-state index in [9.17, 15) is 13.2 Å². The molecule has 0 saturated heterocycles. The van der Waals surface area contributed by atoms with Gasteiger partial charge in [0, 0.05) is 12.1 Å². The van der Waals surface area contributed by atoms with Gasteiger partial charge in [-0.3, -0.25) is 0 Å². The van der Waals surface area contributed by atoms with Crippen LogP contribution >= 0.6 is 0 Å². The number of rotatable bonds is 2. The maximum atomic E-state index is 12.7. The van der Waals surface area contributed by atoms with Gasteiger partial charge in [-0.25, -0.2) is 0 Å². The molecule has 2 rings (SSSR count). The molecular formula is C13H22F3N. The summed E-state index contributed by atoms with van der Waals surface area (Å²) in [6, 6.07) is 0.535. The van der Waals surface area contributed by atoms with Crippen molar-refractivity contribution in [1.82, 2.24) is 5.32 Å². The lowest BCUT2D eigenvalue weighted by Crippen LogP contribution is -2.44. The third kappa shape index (κ3) is 3.36. The Morgan fingerprint density at radius 1 is 1.00 bits per heavy atom. The van der Waals surface area contributed by atoms with Crippen molar-refractivity contribution < 1.29 is 13.2 Å². The summed E-state index contributed by atoms with van der Waals surface area (Å²) in [4.78, 5) is 0. The molecule has 2 saturated carbocycles. The van der Waals surface area contributed by atoms with Gasteiger partial charge in [-0.05, 0) is 38.0 Å². The van der Waals surface area contributed by atoms with Crippen molar-refractivity contribution in [3.63, 3.8) is 0 Å². The highest BCUT2D eigenvalue weighted by molar-refractivity contribution is 4.87. The lowest BCUT2D eigenvalue weighted by atomic mass is 9.84. The Bertz CT molecular complexity index is 250. The quantitative estimate of drug-likeness (QED) is 0.783. The average molecular weight is 249 g/mol. The van der Waals surface area contributed by atoms with E-state index >= 15 is 0 Å². The lowest BCUT2D eigenvalue weighted by molar-refractivity contribution is -0.183. The highest BCUT2D eigenvalue weighted by Gasteiger charge is 2.42. The molecule has 0 aromatic heterocycles. The molecule has 4 unspecified atom stereocenters. The molecule has 17 heavy (non-hydrogen) atoms. The summed E-state index contributed by atoms with van der Waals surface area (Å²) in [5.74, 6) is -0.452. The largest absolute Gasteiger partial charge is 0.391 e. The second-order valence-electron chi connectivity index (χ2n) is 5.78. The Morgan fingerprint density at radius 3 is 2.29 bits per heavy atom. The maximum Gasteiger partial charge on any atom is 0.391 e. The molecule has 0 aromatic rings. The minimum absolute atomic E-state index is 0.0842. The number of alkyl halides is 3. The minimum atomic E-state index is -4.00. The zero-order chi connectivity index (χ0) is 12.5. The molecule has 0 spiro atoms. The van der Waals surface area contributed by atoms with E-state index in [0.29, 0.717) is 24.8 Å². The van der Waals surface area contributed by atoms with Crippen molar-refractivity contribution in [2.75, 3.05) is 0 Å². The van der Waals surface area contributed by atoms with Crippen LogP contribution in [0.5, 0.6) is 0 Å². The molecule has 0 heterocycles. The third-order valence-corrected chi connectivity index (χ3v) is 4.45. The highest BCUT2D eigenvalue weighted by atomic mass is 19.4. The van der Waals surface area contributed by atoms with Crippen LogP contribution in [0.3, 0.4) is 0 Å². The smallest absolute Gasteiger partial charge is 0.311 e. The van der Waals surface area contributed by atoms with Crippen molar-refractivity contribution in [3.8, 4) is 0 Å². The van der Waals surface area contributed by atoms with Gasteiger partial charge in [-0.1, -0.05) is 19.8 Å². The van der Waals surface area contributed by atoms with Gasteiger partial charge in [-0.15, -0.1) is 0 Å². The van der Waals surface area contributed by atoms with Crippen molar-refractivity contribution in [2.24, 2.45) is 11.8 Å². The summed E-state index contributed by atoms with van der Waals surface area (Å²) in [6.07, 6.45) is 1.80. The van der Waals surface area contributed by atoms with E-state index < -0.39 is 12.1 Å². The van der Waals surface area contributed by atoms with Gasteiger partial charge in [0.15, 0.2) is 0 Å². The Kier molecular flexibility index (Phi) is 4.01. The fraction of sp³-hybridized carbons (Fsp3) is 1.00. The van der Waals surface area contributed by atoms with Gasteiger partial charge < -0.3 is 5.32 Å². The molecule has 1 N–H and O–H groups in total. The van der Waals surface area contributed by atoms with Crippen molar-refractivity contribution >= 4 is 0 Å². The van der Waals surface area contributed by atoms with Crippen LogP contribution in [0.15, 0.2) is 0 Å². The highest BCUT2D eigenvalue weighted by Crippen LogP contribution is 2.38. The van der Waals surface area contributed by atoms with E-state index in [-0.39, 0.29) is 12.5 Å². The van der Waals surface area contributed by atoms with E-state index in [2.05, 4.69) is 12.2 Å². The predicted octanol–water partition coefficient (Wildman–Crippen LogP) is 3.89. The van der Waals surface area contributed by atoms with Crippen LogP contribution in [0.2, 0.25) is 0 Å². The van der Waals surface area contributed by atoms with Gasteiger partial charge in [-0.2, -0.15) is 13.2 Å². The van der Waals surface area contributed by atoms with Gasteiger partial charge >= 0.3 is 6.18 Å². The Hall–Kier alpha value is -0.250. The molecule has 2 aliphatic carbocycles. The van der Waals surface area contributed by atoms with E-state index in [1.165, 1.54) is 12.8 Å². The Balaban J connectivity index is 1.85. The molecule has 100 valence electrons. The number of hydrogen-bond donors (Lipinski definition) is 1. The summed E-state index contributed by atoms with van der Waals surface area (Å²) in [7, 11) is 0. The first-order valence-electron chi connectivity index (χ1n) is 6.79. The third-order valence-electron chi connectivity index (χ3n) is 4.45. The molecule has 2 aliphatic rings. The van der Waals surface area contributed by atoms with Crippen molar-refractivity contribution in [1.29, 1.82) is 0 Å². The second-order valence-corrected chi connectivity index (χ2v) is 5.78. The number of hydrogen-bond acceptors (Lipinski definition) is 1. The van der Waals surface area contributed by atoms with E-state index in [1.807, 2.05) is 0 Å². The summed E-state index contributed by atoms with van der Waals surface area (Å²) in [6.45, 7) is 2.20. The van der Waals surface area contributed by atoms with Crippen LogP contribution in [-0.4, -0.2) is 18.3 Å². The topological polar surface area (TPSA) is 12.0 Å². The minimum Gasteiger partial charge on any atom is -0.311 e. The van der Waals surface area contributed by atoms with Gasteiger partial charge in [0.1, 0.15) is 0 Å². The molecule has 2 fully saturated rings. The van der Waals surface area contributed by atoms with E-state index in [1.54, 1.807) is 0 Å². The number of halogens is 3. The van der Waals surface area contributed by atoms with Crippen molar-refractivity contribution in [3.05, 3.63) is 0 Å². The van der Waals surface area contributed by atoms with Gasteiger partial charge in [0.25, 0.3) is 0 Å². The van der Waals surface area contributed by atoms with Gasteiger partial charge in [0.05, 0.1) is 5.92 Å². The van der Waals surface area contributed by atoms with Crippen LogP contribution in [0.25, 0.3) is 0 Å².